The van der Waals surface area contributed by atoms with Gasteiger partial charge in [-0.25, -0.2) is 0 Å². The third-order valence-corrected chi connectivity index (χ3v) is 4.67. The molecule has 1 unspecified atom stereocenters. The maximum atomic E-state index is 8.36. The normalized spacial score (nSPS) is 15.0. The zero-order valence-corrected chi connectivity index (χ0v) is 18.2. The van der Waals surface area contributed by atoms with Gasteiger partial charge in [0.2, 0.25) is 0 Å². The van der Waals surface area contributed by atoms with E-state index >= 15 is 0 Å². The van der Waals surface area contributed by atoms with Crippen LogP contribution in [0.25, 0.3) is 5.70 Å². The third-order valence-electron chi connectivity index (χ3n) is 4.67. The minimum Gasteiger partial charge on any atom is -0.483 e. The van der Waals surface area contributed by atoms with E-state index in [0.29, 0.717) is 6.67 Å². The van der Waals surface area contributed by atoms with E-state index in [1.807, 2.05) is 67.4 Å². The largest absolute Gasteiger partial charge is 0.483 e. The van der Waals surface area contributed by atoms with Crippen molar-refractivity contribution in [2.45, 2.75) is 19.9 Å². The highest BCUT2D eigenvalue weighted by molar-refractivity contribution is 5.80. The van der Waals surface area contributed by atoms with Crippen LogP contribution in [0, 0.1) is 0 Å². The Kier molecular flexibility index (Phi) is 8.17. The summed E-state index contributed by atoms with van der Waals surface area (Å²) in [6, 6.07) is 28.6. The summed E-state index contributed by atoms with van der Waals surface area (Å²) in [5, 5.41) is 17.2. The number of carboxylic acid groups (broad SMARTS) is 1. The van der Waals surface area contributed by atoms with E-state index < -0.39 is 0 Å². The van der Waals surface area contributed by atoms with Gasteiger partial charge in [0.1, 0.15) is 11.5 Å². The number of carbonyl (C=O) groups is 1. The lowest BCUT2D eigenvalue weighted by atomic mass is 10.0. The molecule has 0 fully saturated rings. The standard InChI is InChI=1S/C25H25N3O.CH2O2/c1-19(2)27-28-18-26-24(20-9-5-3-6-10-20)17-25(28)21-13-15-23(16-14-21)29-22-11-7-4-8-12-22;2-1-3/h3-17,24,26H,18H2,1-2H3;1H,(H,2,3). The van der Waals surface area contributed by atoms with Crippen LogP contribution in [0.4, 0.5) is 0 Å². The molecule has 0 spiro atoms. The van der Waals surface area contributed by atoms with Crippen LogP contribution in [0.2, 0.25) is 0 Å². The Balaban J connectivity index is 0.000000913. The maximum Gasteiger partial charge on any atom is 0.290 e. The molecular formula is C26H27N3O3. The Morgan fingerprint density at radius 2 is 1.53 bits per heavy atom. The lowest BCUT2D eigenvalue weighted by Crippen LogP contribution is -2.37. The first-order valence-corrected chi connectivity index (χ1v) is 10.3. The number of nitrogens with zero attached hydrogens (tertiary/aromatic N) is 2. The van der Waals surface area contributed by atoms with Gasteiger partial charge < -0.3 is 9.84 Å². The Morgan fingerprint density at radius 3 is 2.12 bits per heavy atom. The van der Waals surface area contributed by atoms with Gasteiger partial charge in [0.15, 0.2) is 0 Å². The molecule has 164 valence electrons. The van der Waals surface area contributed by atoms with Crippen LogP contribution in [-0.2, 0) is 4.79 Å². The summed E-state index contributed by atoms with van der Waals surface area (Å²) in [5.41, 5.74) is 4.45. The Hall–Kier alpha value is -3.90. The lowest BCUT2D eigenvalue weighted by molar-refractivity contribution is -0.122. The van der Waals surface area contributed by atoms with Crippen molar-refractivity contribution >= 4 is 17.9 Å². The van der Waals surface area contributed by atoms with E-state index in [1.54, 1.807) is 0 Å². The van der Waals surface area contributed by atoms with Crippen molar-refractivity contribution in [1.82, 2.24) is 10.3 Å². The van der Waals surface area contributed by atoms with Crippen molar-refractivity contribution in [3.63, 3.8) is 0 Å². The SMILES string of the molecule is CC(C)=NN1CNC(c2ccccc2)C=C1c1ccc(Oc2ccccc2)cc1.O=CO. The van der Waals surface area contributed by atoms with Gasteiger partial charge in [0.25, 0.3) is 6.47 Å². The first-order chi connectivity index (χ1) is 15.6. The number of hydrogen-bond donors (Lipinski definition) is 2. The predicted octanol–water partition coefficient (Wildman–Crippen LogP) is 5.52. The molecule has 0 radical (unpaired) electrons. The molecule has 0 aromatic heterocycles. The van der Waals surface area contributed by atoms with Gasteiger partial charge >= 0.3 is 0 Å². The molecule has 1 aliphatic heterocycles. The summed E-state index contributed by atoms with van der Waals surface area (Å²) >= 11 is 0. The van der Waals surface area contributed by atoms with Crippen LogP contribution in [0.15, 0.2) is 96.1 Å². The molecule has 2 N–H and O–H groups in total. The summed E-state index contributed by atoms with van der Waals surface area (Å²) in [6.07, 6.45) is 2.23. The van der Waals surface area contributed by atoms with Crippen molar-refractivity contribution in [3.05, 3.63) is 102 Å². The molecule has 1 atom stereocenters. The zero-order valence-electron chi connectivity index (χ0n) is 18.2. The molecular weight excluding hydrogens is 402 g/mol. The molecule has 0 aliphatic carbocycles. The molecule has 6 nitrogen and oxygen atoms in total. The van der Waals surface area contributed by atoms with E-state index in [0.717, 1.165) is 28.5 Å². The summed E-state index contributed by atoms with van der Waals surface area (Å²) in [5.74, 6) is 1.65. The Bertz CT molecular complexity index is 1040. The van der Waals surface area contributed by atoms with Crippen molar-refractivity contribution < 1.29 is 14.6 Å². The second-order valence-electron chi connectivity index (χ2n) is 7.29. The molecule has 4 rings (SSSR count). The summed E-state index contributed by atoms with van der Waals surface area (Å²) in [4.78, 5) is 8.36. The average molecular weight is 430 g/mol. The van der Waals surface area contributed by atoms with Crippen molar-refractivity contribution in [2.24, 2.45) is 5.10 Å². The fraction of sp³-hybridized carbons (Fsp3) is 0.154. The molecule has 32 heavy (non-hydrogen) atoms. The van der Waals surface area contributed by atoms with E-state index in [1.165, 1.54) is 5.56 Å². The second kappa shape index (κ2) is 11.5. The number of rotatable bonds is 5. The molecule has 3 aromatic carbocycles. The predicted molar refractivity (Wildman–Crippen MR) is 127 cm³/mol. The number of nitrogens with one attached hydrogen (secondary N) is 1. The second-order valence-corrected chi connectivity index (χ2v) is 7.29. The Morgan fingerprint density at radius 1 is 0.969 bits per heavy atom. The molecule has 0 bridgehead atoms. The number of benzene rings is 3. The molecule has 1 aliphatic rings. The summed E-state index contributed by atoms with van der Waals surface area (Å²) < 4.78 is 5.93. The van der Waals surface area contributed by atoms with E-state index in [2.05, 4.69) is 47.8 Å². The van der Waals surface area contributed by atoms with Gasteiger partial charge in [-0.3, -0.25) is 15.1 Å². The average Bonchev–Trinajstić information content (AvgIpc) is 2.81. The van der Waals surface area contributed by atoms with Gasteiger partial charge in [-0.2, -0.15) is 5.10 Å². The van der Waals surface area contributed by atoms with Gasteiger partial charge in [-0.1, -0.05) is 48.5 Å². The van der Waals surface area contributed by atoms with Crippen LogP contribution in [0.1, 0.15) is 31.0 Å². The molecule has 3 aromatic rings. The van der Waals surface area contributed by atoms with Crippen LogP contribution < -0.4 is 10.1 Å². The molecule has 0 amide bonds. The van der Waals surface area contributed by atoms with Crippen LogP contribution in [-0.4, -0.2) is 29.0 Å². The smallest absolute Gasteiger partial charge is 0.290 e. The first-order valence-electron chi connectivity index (χ1n) is 10.3. The highest BCUT2D eigenvalue weighted by atomic mass is 16.5. The van der Waals surface area contributed by atoms with Crippen molar-refractivity contribution in [2.75, 3.05) is 6.67 Å². The molecule has 0 saturated carbocycles. The third kappa shape index (κ3) is 6.30. The highest BCUT2D eigenvalue weighted by Crippen LogP contribution is 2.30. The van der Waals surface area contributed by atoms with Crippen LogP contribution in [0.5, 0.6) is 11.5 Å². The van der Waals surface area contributed by atoms with Crippen molar-refractivity contribution in [1.29, 1.82) is 0 Å². The Labute approximate surface area is 188 Å². The van der Waals surface area contributed by atoms with E-state index in [-0.39, 0.29) is 12.5 Å². The quantitative estimate of drug-likeness (QED) is 0.413. The zero-order chi connectivity index (χ0) is 22.8. The van der Waals surface area contributed by atoms with Crippen LogP contribution >= 0.6 is 0 Å². The molecule has 1 heterocycles. The van der Waals surface area contributed by atoms with Gasteiger partial charge in [-0.05, 0) is 67.4 Å². The van der Waals surface area contributed by atoms with Gasteiger partial charge in [0.05, 0.1) is 18.4 Å². The minimum absolute atomic E-state index is 0.148. The minimum atomic E-state index is -0.250. The molecule has 6 heteroatoms. The van der Waals surface area contributed by atoms with Gasteiger partial charge in [-0.15, -0.1) is 0 Å². The summed E-state index contributed by atoms with van der Waals surface area (Å²) in [6.45, 7) is 4.42. The maximum absolute atomic E-state index is 8.36. The molecule has 0 saturated heterocycles. The topological polar surface area (TPSA) is 74.2 Å². The number of hydrogen-bond acceptors (Lipinski definition) is 5. The number of hydrazone groups is 1. The van der Waals surface area contributed by atoms with E-state index in [9.17, 15) is 0 Å². The van der Waals surface area contributed by atoms with Gasteiger partial charge in [0, 0.05) is 5.71 Å². The fourth-order valence-corrected chi connectivity index (χ4v) is 3.34. The summed E-state index contributed by atoms with van der Waals surface area (Å²) in [7, 11) is 0. The van der Waals surface area contributed by atoms with E-state index in [4.69, 9.17) is 19.7 Å². The number of ether oxygens (including phenoxy) is 1. The lowest BCUT2D eigenvalue weighted by Gasteiger charge is -2.32. The number of para-hydroxylation sites is 1. The van der Waals surface area contributed by atoms with Crippen molar-refractivity contribution in [3.8, 4) is 11.5 Å². The highest BCUT2D eigenvalue weighted by Gasteiger charge is 2.21. The van der Waals surface area contributed by atoms with Crippen LogP contribution in [0.3, 0.4) is 0 Å². The first kappa shape index (κ1) is 22.8. The monoisotopic (exact) mass is 429 g/mol. The fourth-order valence-electron chi connectivity index (χ4n) is 3.34.